The van der Waals surface area contributed by atoms with E-state index in [9.17, 15) is 4.79 Å². The Morgan fingerprint density at radius 1 is 1.18 bits per heavy atom. The van der Waals surface area contributed by atoms with Gasteiger partial charge in [-0.3, -0.25) is 9.89 Å². The Morgan fingerprint density at radius 3 is 2.65 bits per heavy atom. The normalized spacial score (nSPS) is 10.6. The molecule has 17 heavy (non-hydrogen) atoms. The Balaban J connectivity index is 2.19. The minimum absolute atomic E-state index is 0.0762. The highest BCUT2D eigenvalue weighted by atomic mass is 16.1. The fourth-order valence-corrected chi connectivity index (χ4v) is 1.92. The zero-order valence-electron chi connectivity index (χ0n) is 10.1. The molecule has 90 valence electrons. The quantitative estimate of drug-likeness (QED) is 0.788. The molecule has 0 aliphatic rings. The third-order valence-electron chi connectivity index (χ3n) is 2.91. The van der Waals surface area contributed by atoms with E-state index in [0.29, 0.717) is 0 Å². The molecule has 0 saturated heterocycles. The first-order chi connectivity index (χ1) is 8.33. The summed E-state index contributed by atoms with van der Waals surface area (Å²) in [5, 5.41) is 3.02. The maximum atomic E-state index is 12.1. The third-order valence-corrected chi connectivity index (χ3v) is 2.91. The van der Waals surface area contributed by atoms with Gasteiger partial charge in [-0.05, 0) is 25.0 Å². The molecule has 2 rings (SSSR count). The standard InChI is InChI=1S/C14H18N2O/c1-2-3-5-8-12-11-15-16(14(12)17)13-9-6-4-7-10-13/h4,6-7,9-11,15H,2-3,5,8H2,1H3. The number of aryl methyl sites for hydroxylation is 1. The van der Waals surface area contributed by atoms with Crippen molar-refractivity contribution in [1.29, 1.82) is 0 Å². The molecule has 0 aliphatic carbocycles. The first kappa shape index (κ1) is 11.7. The molecule has 1 aromatic carbocycles. The van der Waals surface area contributed by atoms with Crippen molar-refractivity contribution in [3.8, 4) is 5.69 Å². The zero-order valence-corrected chi connectivity index (χ0v) is 10.1. The molecule has 0 saturated carbocycles. The van der Waals surface area contributed by atoms with Gasteiger partial charge in [0.25, 0.3) is 5.56 Å². The maximum absolute atomic E-state index is 12.1. The average Bonchev–Trinajstić information content (AvgIpc) is 2.73. The summed E-state index contributed by atoms with van der Waals surface area (Å²) in [6.07, 6.45) is 6.12. The number of nitrogens with zero attached hydrogens (tertiary/aromatic N) is 1. The van der Waals surface area contributed by atoms with Crippen LogP contribution in [0.1, 0.15) is 31.7 Å². The third kappa shape index (κ3) is 2.67. The molecule has 1 N–H and O–H groups in total. The van der Waals surface area contributed by atoms with Gasteiger partial charge < -0.3 is 0 Å². The fraction of sp³-hybridized carbons (Fsp3) is 0.357. The van der Waals surface area contributed by atoms with Gasteiger partial charge in [-0.15, -0.1) is 0 Å². The Hall–Kier alpha value is -1.77. The van der Waals surface area contributed by atoms with E-state index in [-0.39, 0.29) is 5.56 Å². The average molecular weight is 230 g/mol. The van der Waals surface area contributed by atoms with E-state index in [1.165, 1.54) is 12.8 Å². The van der Waals surface area contributed by atoms with Gasteiger partial charge in [-0.1, -0.05) is 38.0 Å². The van der Waals surface area contributed by atoms with Crippen molar-refractivity contribution in [3.63, 3.8) is 0 Å². The Labute approximate surface area is 101 Å². The molecular formula is C14H18N2O. The molecule has 1 heterocycles. The summed E-state index contributed by atoms with van der Waals surface area (Å²) in [6, 6.07) is 9.65. The molecule has 0 bridgehead atoms. The number of rotatable bonds is 5. The van der Waals surface area contributed by atoms with E-state index >= 15 is 0 Å². The topological polar surface area (TPSA) is 37.8 Å². The van der Waals surface area contributed by atoms with Crippen LogP contribution in [-0.2, 0) is 6.42 Å². The zero-order chi connectivity index (χ0) is 12.1. The molecule has 0 aliphatic heterocycles. The van der Waals surface area contributed by atoms with Crippen molar-refractivity contribution in [2.24, 2.45) is 0 Å². The van der Waals surface area contributed by atoms with Crippen LogP contribution in [0, 0.1) is 0 Å². The van der Waals surface area contributed by atoms with Crippen molar-refractivity contribution in [1.82, 2.24) is 9.78 Å². The molecule has 0 amide bonds. The molecule has 0 radical (unpaired) electrons. The largest absolute Gasteiger partial charge is 0.298 e. The van der Waals surface area contributed by atoms with Crippen LogP contribution in [-0.4, -0.2) is 9.78 Å². The SMILES string of the molecule is CCCCCc1c[nH]n(-c2ccccc2)c1=O. The van der Waals surface area contributed by atoms with Crippen molar-refractivity contribution < 1.29 is 0 Å². The summed E-state index contributed by atoms with van der Waals surface area (Å²) in [5.74, 6) is 0. The number of H-pyrrole nitrogens is 1. The Morgan fingerprint density at radius 2 is 1.94 bits per heavy atom. The number of para-hydroxylation sites is 1. The lowest BCUT2D eigenvalue weighted by atomic mass is 10.1. The Kier molecular flexibility index (Phi) is 3.81. The summed E-state index contributed by atoms with van der Waals surface area (Å²) in [4.78, 5) is 12.1. The summed E-state index contributed by atoms with van der Waals surface area (Å²) in [6.45, 7) is 2.17. The molecular weight excluding hydrogens is 212 g/mol. The number of aromatic nitrogens is 2. The smallest absolute Gasteiger partial charge is 0.274 e. The van der Waals surface area contributed by atoms with Gasteiger partial charge in [-0.2, -0.15) is 0 Å². The lowest BCUT2D eigenvalue weighted by Gasteiger charge is -1.99. The fourth-order valence-electron chi connectivity index (χ4n) is 1.92. The van der Waals surface area contributed by atoms with Crippen LogP contribution < -0.4 is 5.56 Å². The van der Waals surface area contributed by atoms with Gasteiger partial charge >= 0.3 is 0 Å². The molecule has 3 heteroatoms. The van der Waals surface area contributed by atoms with Gasteiger partial charge in [0.2, 0.25) is 0 Å². The van der Waals surface area contributed by atoms with Crippen molar-refractivity contribution >= 4 is 0 Å². The van der Waals surface area contributed by atoms with Gasteiger partial charge in [-0.25, -0.2) is 4.68 Å². The predicted octanol–water partition coefficient (Wildman–Crippen LogP) is 2.90. The molecule has 0 spiro atoms. The number of benzene rings is 1. The van der Waals surface area contributed by atoms with Crippen LogP contribution in [0.2, 0.25) is 0 Å². The van der Waals surface area contributed by atoms with Crippen LogP contribution in [0.5, 0.6) is 0 Å². The second-order valence-corrected chi connectivity index (χ2v) is 4.23. The van der Waals surface area contributed by atoms with Crippen molar-refractivity contribution in [3.05, 3.63) is 52.4 Å². The molecule has 2 aromatic rings. The first-order valence-electron chi connectivity index (χ1n) is 6.17. The van der Waals surface area contributed by atoms with E-state index in [2.05, 4.69) is 12.0 Å². The lowest BCUT2D eigenvalue weighted by Crippen LogP contribution is -2.17. The minimum Gasteiger partial charge on any atom is -0.298 e. The van der Waals surface area contributed by atoms with E-state index < -0.39 is 0 Å². The number of unbranched alkanes of at least 4 members (excludes halogenated alkanes) is 2. The van der Waals surface area contributed by atoms with Crippen molar-refractivity contribution in [2.45, 2.75) is 32.6 Å². The lowest BCUT2D eigenvalue weighted by molar-refractivity contribution is 0.714. The van der Waals surface area contributed by atoms with E-state index in [1.807, 2.05) is 36.5 Å². The van der Waals surface area contributed by atoms with E-state index in [0.717, 1.165) is 24.1 Å². The molecule has 1 aromatic heterocycles. The summed E-state index contributed by atoms with van der Waals surface area (Å²) >= 11 is 0. The first-order valence-corrected chi connectivity index (χ1v) is 6.17. The van der Waals surface area contributed by atoms with Crippen molar-refractivity contribution in [2.75, 3.05) is 0 Å². The van der Waals surface area contributed by atoms with E-state index in [1.54, 1.807) is 4.68 Å². The van der Waals surface area contributed by atoms with Crippen LogP contribution in [0.25, 0.3) is 5.69 Å². The highest BCUT2D eigenvalue weighted by Gasteiger charge is 2.06. The minimum atomic E-state index is 0.0762. The second kappa shape index (κ2) is 5.53. The van der Waals surface area contributed by atoms with Crippen LogP contribution >= 0.6 is 0 Å². The van der Waals surface area contributed by atoms with Crippen LogP contribution in [0.3, 0.4) is 0 Å². The van der Waals surface area contributed by atoms with Gasteiger partial charge in [0, 0.05) is 11.8 Å². The molecule has 0 fully saturated rings. The second-order valence-electron chi connectivity index (χ2n) is 4.23. The highest BCUT2D eigenvalue weighted by Crippen LogP contribution is 2.05. The van der Waals surface area contributed by atoms with Gasteiger partial charge in [0.1, 0.15) is 0 Å². The van der Waals surface area contributed by atoms with Gasteiger partial charge in [0.05, 0.1) is 5.69 Å². The summed E-state index contributed by atoms with van der Waals surface area (Å²) in [7, 11) is 0. The van der Waals surface area contributed by atoms with Crippen LogP contribution in [0.15, 0.2) is 41.3 Å². The van der Waals surface area contributed by atoms with Crippen LogP contribution in [0.4, 0.5) is 0 Å². The van der Waals surface area contributed by atoms with Gasteiger partial charge in [0.15, 0.2) is 0 Å². The number of aromatic amines is 1. The summed E-state index contributed by atoms with van der Waals surface area (Å²) < 4.78 is 1.60. The number of hydrogen-bond acceptors (Lipinski definition) is 1. The summed E-state index contributed by atoms with van der Waals surface area (Å²) in [5.41, 5.74) is 1.84. The predicted molar refractivity (Wildman–Crippen MR) is 69.6 cm³/mol. The number of nitrogens with one attached hydrogen (secondary N) is 1. The highest BCUT2D eigenvalue weighted by molar-refractivity contribution is 5.30. The molecule has 0 atom stereocenters. The molecule has 3 nitrogen and oxygen atoms in total. The monoisotopic (exact) mass is 230 g/mol. The van der Waals surface area contributed by atoms with E-state index in [4.69, 9.17) is 0 Å². The molecule has 0 unspecified atom stereocenters. The number of hydrogen-bond donors (Lipinski definition) is 1. The Bertz CT molecular complexity index is 511. The maximum Gasteiger partial charge on any atom is 0.274 e.